The highest BCUT2D eigenvalue weighted by Gasteiger charge is 2.36. The Morgan fingerprint density at radius 1 is 1.09 bits per heavy atom. The first-order chi connectivity index (χ1) is 16.4. The van der Waals surface area contributed by atoms with Gasteiger partial charge in [-0.1, -0.05) is 0 Å². The van der Waals surface area contributed by atoms with Crippen molar-refractivity contribution in [3.63, 3.8) is 0 Å². The summed E-state index contributed by atoms with van der Waals surface area (Å²) in [5, 5.41) is 6.30. The largest absolute Gasteiger partial charge is 0.463 e. The minimum atomic E-state index is -4.62. The second-order valence-corrected chi connectivity index (χ2v) is 9.33. The summed E-state index contributed by atoms with van der Waals surface area (Å²) in [5.41, 5.74) is -1.19. The standard InChI is InChI=1S/C24H23F4N3O3S/c1-23(2,3)30-21(32)20(15-10-11-35-13-15)31(17-5-7-18(8-6-17)34-14-25)22(33)19-9-4-16(12-29-19)24(26,27)28/h4-13,20H,14H2,1-3H3,(H,30,32). The fourth-order valence-electron chi connectivity index (χ4n) is 3.25. The van der Waals surface area contributed by atoms with Crippen LogP contribution in [0.4, 0.5) is 23.2 Å². The van der Waals surface area contributed by atoms with Crippen LogP contribution in [0.15, 0.2) is 59.4 Å². The summed E-state index contributed by atoms with van der Waals surface area (Å²) in [5.74, 6) is -1.10. The van der Waals surface area contributed by atoms with Gasteiger partial charge in [-0.3, -0.25) is 19.5 Å². The molecule has 3 aromatic rings. The number of thiophene rings is 1. The number of aromatic nitrogens is 1. The summed E-state index contributed by atoms with van der Waals surface area (Å²) in [6, 6.07) is 7.98. The van der Waals surface area contributed by atoms with Gasteiger partial charge in [0.1, 0.15) is 17.5 Å². The van der Waals surface area contributed by atoms with Crippen LogP contribution >= 0.6 is 11.3 Å². The van der Waals surface area contributed by atoms with E-state index >= 15 is 0 Å². The lowest BCUT2D eigenvalue weighted by Crippen LogP contribution is -2.49. The van der Waals surface area contributed by atoms with E-state index in [1.54, 1.807) is 37.6 Å². The normalized spacial score (nSPS) is 12.7. The number of nitrogens with one attached hydrogen (secondary N) is 1. The number of alkyl halides is 4. The van der Waals surface area contributed by atoms with E-state index < -0.39 is 42.0 Å². The number of nitrogens with zero attached hydrogens (tertiary/aromatic N) is 2. The summed E-state index contributed by atoms with van der Waals surface area (Å²) in [7, 11) is 0. The van der Waals surface area contributed by atoms with Gasteiger partial charge in [-0.25, -0.2) is 4.39 Å². The van der Waals surface area contributed by atoms with Crippen LogP contribution < -0.4 is 15.0 Å². The van der Waals surface area contributed by atoms with Gasteiger partial charge in [-0.2, -0.15) is 24.5 Å². The molecule has 0 fully saturated rings. The van der Waals surface area contributed by atoms with E-state index in [4.69, 9.17) is 4.74 Å². The molecule has 1 aromatic carbocycles. The van der Waals surface area contributed by atoms with Crippen molar-refractivity contribution in [1.82, 2.24) is 10.3 Å². The van der Waals surface area contributed by atoms with Crippen molar-refractivity contribution in [2.45, 2.75) is 38.5 Å². The van der Waals surface area contributed by atoms with E-state index in [9.17, 15) is 27.2 Å². The molecule has 3 rings (SSSR count). The third-order valence-corrected chi connectivity index (χ3v) is 5.43. The van der Waals surface area contributed by atoms with Gasteiger partial charge in [0.2, 0.25) is 12.8 Å². The lowest BCUT2D eigenvalue weighted by Gasteiger charge is -2.33. The first-order valence-corrected chi connectivity index (χ1v) is 11.3. The molecule has 0 aliphatic carbocycles. The van der Waals surface area contributed by atoms with Crippen LogP contribution in [0.3, 0.4) is 0 Å². The zero-order valence-corrected chi connectivity index (χ0v) is 19.9. The Morgan fingerprint density at radius 3 is 2.26 bits per heavy atom. The molecule has 2 heterocycles. The molecule has 11 heteroatoms. The van der Waals surface area contributed by atoms with Crippen LogP contribution in [0, 0.1) is 0 Å². The smallest absolute Gasteiger partial charge is 0.417 e. The number of carbonyl (C=O) groups is 2. The van der Waals surface area contributed by atoms with Crippen LogP contribution in [0.1, 0.15) is 48.4 Å². The van der Waals surface area contributed by atoms with Gasteiger partial charge in [-0.05, 0) is 79.6 Å². The molecule has 35 heavy (non-hydrogen) atoms. The Balaban J connectivity index is 2.12. The number of pyridine rings is 1. The molecule has 2 aromatic heterocycles. The van der Waals surface area contributed by atoms with Crippen LogP contribution in [0.5, 0.6) is 5.75 Å². The van der Waals surface area contributed by atoms with Gasteiger partial charge < -0.3 is 10.1 Å². The average Bonchev–Trinajstić information content (AvgIpc) is 3.30. The molecule has 1 atom stereocenters. The number of halogens is 4. The molecule has 1 unspecified atom stereocenters. The highest BCUT2D eigenvalue weighted by Crippen LogP contribution is 2.33. The third-order valence-electron chi connectivity index (χ3n) is 4.73. The first-order valence-electron chi connectivity index (χ1n) is 10.4. The van der Waals surface area contributed by atoms with Gasteiger partial charge in [0.05, 0.1) is 5.56 Å². The molecule has 0 aliphatic rings. The Kier molecular flexibility index (Phi) is 7.79. The maximum Gasteiger partial charge on any atom is 0.417 e. The number of benzene rings is 1. The molecule has 2 amide bonds. The van der Waals surface area contributed by atoms with Crippen LogP contribution in [-0.4, -0.2) is 29.2 Å². The topological polar surface area (TPSA) is 71.5 Å². The van der Waals surface area contributed by atoms with Crippen molar-refractivity contribution in [2.75, 3.05) is 11.8 Å². The Hall–Kier alpha value is -3.47. The zero-order valence-electron chi connectivity index (χ0n) is 19.1. The minimum Gasteiger partial charge on any atom is -0.463 e. The first kappa shape index (κ1) is 26.1. The number of ether oxygens (including phenoxy) is 1. The van der Waals surface area contributed by atoms with E-state index in [-0.39, 0.29) is 17.1 Å². The van der Waals surface area contributed by atoms with Crippen molar-refractivity contribution in [3.8, 4) is 5.75 Å². The molecule has 186 valence electrons. The molecule has 0 aliphatic heterocycles. The van der Waals surface area contributed by atoms with Gasteiger partial charge >= 0.3 is 6.18 Å². The average molecular weight is 510 g/mol. The van der Waals surface area contributed by atoms with Gasteiger partial charge in [0, 0.05) is 17.4 Å². The summed E-state index contributed by atoms with van der Waals surface area (Å²) in [6.45, 7) is 4.29. The highest BCUT2D eigenvalue weighted by atomic mass is 32.1. The quantitative estimate of drug-likeness (QED) is 0.411. The summed E-state index contributed by atoms with van der Waals surface area (Å²) in [4.78, 5) is 31.9. The molecule has 0 saturated heterocycles. The fourth-order valence-corrected chi connectivity index (χ4v) is 3.93. The Bertz CT molecular complexity index is 1140. The van der Waals surface area contributed by atoms with Gasteiger partial charge in [0.15, 0.2) is 0 Å². The van der Waals surface area contributed by atoms with Crippen LogP contribution in [0.25, 0.3) is 0 Å². The van der Waals surface area contributed by atoms with Crippen LogP contribution in [-0.2, 0) is 11.0 Å². The van der Waals surface area contributed by atoms with E-state index in [1.165, 1.54) is 35.6 Å². The van der Waals surface area contributed by atoms with Crippen molar-refractivity contribution >= 4 is 28.8 Å². The van der Waals surface area contributed by atoms with Crippen molar-refractivity contribution in [2.24, 2.45) is 0 Å². The lowest BCUT2D eigenvalue weighted by atomic mass is 10.0. The Labute approximate surface area is 203 Å². The van der Waals surface area contributed by atoms with Crippen molar-refractivity contribution in [1.29, 1.82) is 0 Å². The Morgan fingerprint density at radius 2 is 1.77 bits per heavy atom. The van der Waals surface area contributed by atoms with E-state index in [1.807, 2.05) is 0 Å². The predicted molar refractivity (Wildman–Crippen MR) is 124 cm³/mol. The van der Waals surface area contributed by atoms with E-state index in [2.05, 4.69) is 10.3 Å². The number of hydrogen-bond donors (Lipinski definition) is 1. The molecular weight excluding hydrogens is 486 g/mol. The molecule has 0 radical (unpaired) electrons. The third kappa shape index (κ3) is 6.56. The van der Waals surface area contributed by atoms with E-state index in [0.29, 0.717) is 11.8 Å². The summed E-state index contributed by atoms with van der Waals surface area (Å²) in [6.07, 6.45) is -4.05. The monoisotopic (exact) mass is 509 g/mol. The second-order valence-electron chi connectivity index (χ2n) is 8.55. The van der Waals surface area contributed by atoms with Gasteiger partial charge in [0.25, 0.3) is 5.91 Å². The fraction of sp³-hybridized carbons (Fsp3) is 0.292. The number of rotatable bonds is 7. The SMILES string of the molecule is CC(C)(C)NC(=O)C(c1ccsc1)N(C(=O)c1ccc(C(F)(F)F)cn1)c1ccc(OCF)cc1. The second kappa shape index (κ2) is 10.4. The summed E-state index contributed by atoms with van der Waals surface area (Å²) >= 11 is 1.32. The van der Waals surface area contributed by atoms with Crippen LogP contribution in [0.2, 0.25) is 0 Å². The molecule has 0 bridgehead atoms. The van der Waals surface area contributed by atoms with Crippen molar-refractivity contribution in [3.05, 3.63) is 76.2 Å². The lowest BCUT2D eigenvalue weighted by molar-refractivity contribution is -0.137. The molecular formula is C24H23F4N3O3S. The maximum absolute atomic E-state index is 13.6. The maximum atomic E-state index is 13.6. The number of anilines is 1. The summed E-state index contributed by atoms with van der Waals surface area (Å²) < 4.78 is 56.4. The molecule has 1 N–H and O–H groups in total. The highest BCUT2D eigenvalue weighted by molar-refractivity contribution is 7.08. The zero-order chi connectivity index (χ0) is 25.8. The molecule has 6 nitrogen and oxygen atoms in total. The van der Waals surface area contributed by atoms with E-state index in [0.717, 1.165) is 17.0 Å². The van der Waals surface area contributed by atoms with Gasteiger partial charge in [-0.15, -0.1) is 0 Å². The van der Waals surface area contributed by atoms with Crippen molar-refractivity contribution < 1.29 is 31.9 Å². The minimum absolute atomic E-state index is 0.197. The number of carbonyl (C=O) groups excluding carboxylic acids is 2. The molecule has 0 saturated carbocycles. The predicted octanol–water partition coefficient (Wildman–Crippen LogP) is 5.77. The number of amides is 2. The number of hydrogen-bond acceptors (Lipinski definition) is 5. The molecule has 0 spiro atoms.